The zero-order valence-electron chi connectivity index (χ0n) is 16.5. The topological polar surface area (TPSA) is 42.4 Å². The molecule has 2 aromatic heterocycles. The summed E-state index contributed by atoms with van der Waals surface area (Å²) in [5.74, 6) is 0. The van der Waals surface area contributed by atoms with Gasteiger partial charge in [0.2, 0.25) is 0 Å². The first kappa shape index (κ1) is 19.5. The second-order valence-electron chi connectivity index (χ2n) is 7.90. The molecule has 29 heavy (non-hydrogen) atoms. The molecule has 2 heterocycles. The molecule has 1 aliphatic carbocycles. The molecule has 1 saturated carbocycles. The smallest absolute Gasteiger partial charge is 0.264 e. The summed E-state index contributed by atoms with van der Waals surface area (Å²) in [4.78, 5) is 7.77. The minimum Gasteiger partial charge on any atom is -0.393 e. The van der Waals surface area contributed by atoms with Crippen molar-refractivity contribution in [1.82, 2.24) is 9.55 Å². The molecule has 0 aliphatic heterocycles. The normalized spacial score (nSPS) is 19.6. The molecular formula is C23H23F2N3O. The van der Waals surface area contributed by atoms with E-state index in [2.05, 4.69) is 14.4 Å². The highest BCUT2D eigenvalue weighted by Gasteiger charge is 2.26. The van der Waals surface area contributed by atoms with Crippen molar-refractivity contribution < 1.29 is 13.9 Å². The van der Waals surface area contributed by atoms with Crippen LogP contribution in [0.2, 0.25) is 0 Å². The van der Waals surface area contributed by atoms with Gasteiger partial charge in [0.1, 0.15) is 0 Å². The van der Waals surface area contributed by atoms with E-state index in [0.29, 0.717) is 22.4 Å². The number of hydrogen-bond acceptors (Lipinski definition) is 2. The van der Waals surface area contributed by atoms with Crippen LogP contribution >= 0.6 is 0 Å². The number of halogens is 2. The van der Waals surface area contributed by atoms with Crippen LogP contribution in [0.25, 0.3) is 26.9 Å². The number of hydrogen-bond donors (Lipinski definition) is 1. The summed E-state index contributed by atoms with van der Waals surface area (Å²) in [6, 6.07) is 3.97. The highest BCUT2D eigenvalue weighted by molar-refractivity contribution is 5.99. The lowest BCUT2D eigenvalue weighted by Gasteiger charge is -2.27. The maximum Gasteiger partial charge on any atom is 0.264 e. The van der Waals surface area contributed by atoms with Crippen LogP contribution in [0.3, 0.4) is 0 Å². The molecule has 1 fully saturated rings. The van der Waals surface area contributed by atoms with E-state index in [1.54, 1.807) is 13.0 Å². The molecule has 0 atom stereocenters. The standard InChI is InChI=1S/C23H23F2N3O/c1-13-8-21-17(9-20(13)26-3)19(12-28(21)15-4-6-16(29)7-5-15)18-11-27-10-14(2)22(18)23(24)25/h8-12,15-16,23,29H,4-7H2,1-2H3. The van der Waals surface area contributed by atoms with Gasteiger partial charge in [0.25, 0.3) is 6.43 Å². The Balaban J connectivity index is 1.98. The van der Waals surface area contributed by atoms with Gasteiger partial charge in [-0.25, -0.2) is 13.6 Å². The Bertz CT molecular complexity index is 1110. The Morgan fingerprint density at radius 3 is 2.48 bits per heavy atom. The maximum atomic E-state index is 13.9. The molecule has 0 amide bonds. The molecule has 1 aliphatic rings. The Kier molecular flexibility index (Phi) is 5.10. The van der Waals surface area contributed by atoms with E-state index in [-0.39, 0.29) is 17.7 Å². The van der Waals surface area contributed by atoms with Gasteiger partial charge in [-0.3, -0.25) is 4.98 Å². The Hall–Kier alpha value is -2.78. The fraction of sp³-hybridized carbons (Fsp3) is 0.391. The van der Waals surface area contributed by atoms with Gasteiger partial charge >= 0.3 is 0 Å². The molecule has 0 spiro atoms. The van der Waals surface area contributed by atoms with Gasteiger partial charge in [-0.05, 0) is 68.2 Å². The van der Waals surface area contributed by atoms with Crippen LogP contribution in [0.5, 0.6) is 0 Å². The van der Waals surface area contributed by atoms with E-state index in [1.807, 2.05) is 19.2 Å². The molecule has 0 bridgehead atoms. The van der Waals surface area contributed by atoms with Crippen LogP contribution in [-0.4, -0.2) is 20.8 Å². The molecule has 1 N–H and O–H groups in total. The van der Waals surface area contributed by atoms with E-state index in [1.165, 1.54) is 12.4 Å². The highest BCUT2D eigenvalue weighted by atomic mass is 19.3. The number of alkyl halides is 2. The molecule has 4 rings (SSSR count). The summed E-state index contributed by atoms with van der Waals surface area (Å²) in [5, 5.41) is 10.7. The van der Waals surface area contributed by atoms with Crippen molar-refractivity contribution in [2.45, 2.75) is 58.1 Å². The lowest BCUT2D eigenvalue weighted by atomic mass is 9.93. The Morgan fingerprint density at radius 2 is 1.83 bits per heavy atom. The number of aliphatic hydroxyl groups excluding tert-OH is 1. The first-order chi connectivity index (χ1) is 13.9. The van der Waals surface area contributed by atoms with Crippen LogP contribution in [-0.2, 0) is 0 Å². The molecule has 0 unspecified atom stereocenters. The second kappa shape index (κ2) is 7.57. The number of aliphatic hydroxyl groups is 1. The van der Waals surface area contributed by atoms with Gasteiger partial charge < -0.3 is 9.67 Å². The third-order valence-corrected chi connectivity index (χ3v) is 6.03. The number of benzene rings is 1. The van der Waals surface area contributed by atoms with Crippen molar-refractivity contribution in [2.24, 2.45) is 0 Å². The van der Waals surface area contributed by atoms with Crippen molar-refractivity contribution in [3.05, 3.63) is 58.8 Å². The van der Waals surface area contributed by atoms with E-state index in [0.717, 1.165) is 42.1 Å². The zero-order valence-corrected chi connectivity index (χ0v) is 16.5. The summed E-state index contributed by atoms with van der Waals surface area (Å²) < 4.78 is 29.9. The largest absolute Gasteiger partial charge is 0.393 e. The lowest BCUT2D eigenvalue weighted by Crippen LogP contribution is -2.20. The molecule has 6 heteroatoms. The molecule has 0 radical (unpaired) electrons. The predicted molar refractivity (Wildman–Crippen MR) is 109 cm³/mol. The minimum absolute atomic E-state index is 0.0111. The number of nitrogens with zero attached hydrogens (tertiary/aromatic N) is 3. The monoisotopic (exact) mass is 395 g/mol. The molecule has 1 aromatic carbocycles. The predicted octanol–water partition coefficient (Wildman–Crippen LogP) is 6.28. The number of fused-ring (bicyclic) bond motifs is 1. The van der Waals surface area contributed by atoms with E-state index in [4.69, 9.17) is 6.57 Å². The van der Waals surface area contributed by atoms with Crippen molar-refractivity contribution >= 4 is 16.6 Å². The second-order valence-corrected chi connectivity index (χ2v) is 7.90. The molecule has 3 aromatic rings. The molecule has 0 saturated heterocycles. The minimum atomic E-state index is -2.61. The van der Waals surface area contributed by atoms with Gasteiger partial charge in [-0.2, -0.15) is 0 Å². The summed E-state index contributed by atoms with van der Waals surface area (Å²) in [5.41, 5.74) is 3.87. The fourth-order valence-electron chi connectivity index (χ4n) is 4.44. The first-order valence-corrected chi connectivity index (χ1v) is 9.84. The maximum absolute atomic E-state index is 13.9. The first-order valence-electron chi connectivity index (χ1n) is 9.84. The molecule has 150 valence electrons. The van der Waals surface area contributed by atoms with Crippen molar-refractivity contribution in [1.29, 1.82) is 0 Å². The van der Waals surface area contributed by atoms with E-state index < -0.39 is 6.43 Å². The van der Waals surface area contributed by atoms with Gasteiger partial charge in [-0.15, -0.1) is 0 Å². The average Bonchev–Trinajstić information content (AvgIpc) is 3.05. The van der Waals surface area contributed by atoms with Gasteiger partial charge in [0.05, 0.1) is 12.7 Å². The van der Waals surface area contributed by atoms with Crippen LogP contribution in [0.4, 0.5) is 14.5 Å². The molecular weight excluding hydrogens is 372 g/mol. The zero-order chi connectivity index (χ0) is 20.7. The van der Waals surface area contributed by atoms with Crippen LogP contribution in [0.15, 0.2) is 30.7 Å². The van der Waals surface area contributed by atoms with Crippen molar-refractivity contribution in [3.8, 4) is 11.1 Å². The van der Waals surface area contributed by atoms with Crippen LogP contribution < -0.4 is 0 Å². The van der Waals surface area contributed by atoms with Crippen LogP contribution in [0.1, 0.15) is 54.8 Å². The Morgan fingerprint density at radius 1 is 1.10 bits per heavy atom. The summed E-state index contributed by atoms with van der Waals surface area (Å²) in [6.07, 6.45) is 5.14. The number of aryl methyl sites for hydroxylation is 2. The summed E-state index contributed by atoms with van der Waals surface area (Å²) in [6.45, 7) is 11.0. The van der Waals surface area contributed by atoms with E-state index >= 15 is 0 Å². The number of aromatic nitrogens is 2. The average molecular weight is 395 g/mol. The van der Waals surface area contributed by atoms with Crippen molar-refractivity contribution in [3.63, 3.8) is 0 Å². The number of pyridine rings is 1. The summed E-state index contributed by atoms with van der Waals surface area (Å²) >= 11 is 0. The third kappa shape index (κ3) is 3.40. The van der Waals surface area contributed by atoms with Crippen LogP contribution in [0, 0.1) is 20.4 Å². The van der Waals surface area contributed by atoms with Crippen molar-refractivity contribution in [2.75, 3.05) is 0 Å². The number of rotatable bonds is 3. The quantitative estimate of drug-likeness (QED) is 0.530. The van der Waals surface area contributed by atoms with Gasteiger partial charge in [0.15, 0.2) is 5.69 Å². The van der Waals surface area contributed by atoms with Gasteiger partial charge in [-0.1, -0.05) is 0 Å². The molecule has 4 nitrogen and oxygen atoms in total. The lowest BCUT2D eigenvalue weighted by molar-refractivity contribution is 0.111. The summed E-state index contributed by atoms with van der Waals surface area (Å²) in [7, 11) is 0. The highest BCUT2D eigenvalue weighted by Crippen LogP contribution is 2.42. The third-order valence-electron chi connectivity index (χ3n) is 6.03. The Labute approximate surface area is 168 Å². The SMILES string of the molecule is [C-]#[N+]c1cc2c(-c3cncc(C)c3C(F)F)cn(C3CCC(O)CC3)c2cc1C. The van der Waals surface area contributed by atoms with Gasteiger partial charge in [0, 0.05) is 46.8 Å². The van der Waals surface area contributed by atoms with E-state index in [9.17, 15) is 13.9 Å². The fourth-order valence-corrected chi connectivity index (χ4v) is 4.44.